The van der Waals surface area contributed by atoms with E-state index in [0.29, 0.717) is 35.5 Å². The Morgan fingerprint density at radius 2 is 1.94 bits per heavy atom. The number of rotatable bonds is 8. The van der Waals surface area contributed by atoms with Gasteiger partial charge in [0.1, 0.15) is 12.4 Å². The summed E-state index contributed by atoms with van der Waals surface area (Å²) in [4.78, 5) is 23.5. The lowest BCUT2D eigenvalue weighted by Gasteiger charge is -2.32. The van der Waals surface area contributed by atoms with Gasteiger partial charge in [0, 0.05) is 42.9 Å². The normalized spacial score (nSPS) is 14.4. The van der Waals surface area contributed by atoms with Crippen LogP contribution in [0.4, 0.5) is 0 Å². The van der Waals surface area contributed by atoms with Gasteiger partial charge in [-0.1, -0.05) is 29.3 Å². The molecule has 0 saturated heterocycles. The Hall–Kier alpha value is -2.67. The Morgan fingerprint density at radius 3 is 2.68 bits per heavy atom. The molecule has 0 amide bonds. The van der Waals surface area contributed by atoms with Gasteiger partial charge in [0.15, 0.2) is 5.82 Å². The number of hydrogen-bond acceptors (Lipinski definition) is 6. The van der Waals surface area contributed by atoms with Crippen LogP contribution in [-0.4, -0.2) is 40.0 Å². The van der Waals surface area contributed by atoms with Crippen LogP contribution < -0.4 is 4.74 Å². The number of nitrogens with zero attached hydrogens (tertiary/aromatic N) is 3. The number of halogens is 2. The first-order valence-corrected chi connectivity index (χ1v) is 12.1. The van der Waals surface area contributed by atoms with Crippen molar-refractivity contribution in [2.45, 2.75) is 45.9 Å². The first kappa shape index (κ1) is 24.5. The molecule has 1 aromatic heterocycles. The number of carbonyl (C=O) groups excluding carboxylic acids is 1. The van der Waals surface area contributed by atoms with Crippen LogP contribution in [0.15, 0.2) is 48.7 Å². The summed E-state index contributed by atoms with van der Waals surface area (Å²) in [5.41, 5.74) is 4.04. The second kappa shape index (κ2) is 11.2. The zero-order valence-corrected chi connectivity index (χ0v) is 20.8. The molecule has 0 fully saturated rings. The lowest BCUT2D eigenvalue weighted by atomic mass is 10.0. The van der Waals surface area contributed by atoms with Gasteiger partial charge < -0.3 is 9.47 Å². The molecule has 34 heavy (non-hydrogen) atoms. The van der Waals surface area contributed by atoms with E-state index < -0.39 is 0 Å². The molecule has 0 bridgehead atoms. The topological polar surface area (TPSA) is 64.5 Å². The summed E-state index contributed by atoms with van der Waals surface area (Å²) in [6, 6.07) is 13.3. The van der Waals surface area contributed by atoms with Gasteiger partial charge >= 0.3 is 5.97 Å². The minimum absolute atomic E-state index is 0.114. The highest BCUT2D eigenvalue weighted by molar-refractivity contribution is 6.42. The molecule has 2 aromatic carbocycles. The van der Waals surface area contributed by atoms with E-state index in [1.165, 1.54) is 0 Å². The van der Waals surface area contributed by atoms with Crippen LogP contribution >= 0.6 is 23.2 Å². The molecule has 1 aliphatic heterocycles. The summed E-state index contributed by atoms with van der Waals surface area (Å²) in [7, 11) is 0. The number of carbonyl (C=O) groups is 1. The summed E-state index contributed by atoms with van der Waals surface area (Å²) in [6.45, 7) is 6.28. The number of esters is 1. The zero-order valence-electron chi connectivity index (χ0n) is 19.3. The number of aromatic nitrogens is 2. The number of ether oxygens (including phenoxy) is 2. The summed E-state index contributed by atoms with van der Waals surface area (Å²) in [5.74, 6) is 1.29. The largest absolute Gasteiger partial charge is 0.489 e. The molecule has 0 spiro atoms. The van der Waals surface area contributed by atoms with Gasteiger partial charge in [0.05, 0.1) is 28.8 Å². The highest BCUT2D eigenvalue weighted by atomic mass is 35.5. The fourth-order valence-electron chi connectivity index (χ4n) is 3.94. The van der Waals surface area contributed by atoms with E-state index in [0.717, 1.165) is 47.6 Å². The SMILES string of the molecule is CCOC(=O)CC(C)N1CCc2nc(-c3ccc(OCc4ccc(Cl)c(Cl)c4)cc3)ncc2C1. The molecule has 3 aromatic rings. The van der Waals surface area contributed by atoms with E-state index in [2.05, 4.69) is 16.8 Å². The summed E-state index contributed by atoms with van der Waals surface area (Å²) in [6.07, 6.45) is 3.11. The molecule has 4 rings (SSSR count). The van der Waals surface area contributed by atoms with Gasteiger partial charge in [-0.05, 0) is 55.8 Å². The van der Waals surface area contributed by atoms with E-state index in [4.69, 9.17) is 37.7 Å². The summed E-state index contributed by atoms with van der Waals surface area (Å²) >= 11 is 12.0. The van der Waals surface area contributed by atoms with Gasteiger partial charge in [0.25, 0.3) is 0 Å². The standard InChI is InChI=1S/C26H27Cl2N3O3/c1-3-33-25(32)12-17(2)31-11-10-24-20(15-31)14-29-26(30-24)19-5-7-21(8-6-19)34-16-18-4-9-22(27)23(28)13-18/h4-9,13-14,17H,3,10-12,15-16H2,1-2H3. The first-order chi connectivity index (χ1) is 16.4. The van der Waals surface area contributed by atoms with Crippen molar-refractivity contribution in [3.63, 3.8) is 0 Å². The van der Waals surface area contributed by atoms with Gasteiger partial charge in [-0.2, -0.15) is 0 Å². The minimum Gasteiger partial charge on any atom is -0.489 e. The molecule has 0 saturated carbocycles. The van der Waals surface area contributed by atoms with Crippen LogP contribution in [0, 0.1) is 0 Å². The Labute approximate surface area is 209 Å². The molecule has 2 heterocycles. The molecule has 1 unspecified atom stereocenters. The lowest BCUT2D eigenvalue weighted by Crippen LogP contribution is -2.39. The van der Waals surface area contributed by atoms with Gasteiger partial charge in [-0.3, -0.25) is 9.69 Å². The van der Waals surface area contributed by atoms with Crippen LogP contribution in [0.25, 0.3) is 11.4 Å². The fourth-order valence-corrected chi connectivity index (χ4v) is 4.26. The molecular weight excluding hydrogens is 473 g/mol. The fraction of sp³-hybridized carbons (Fsp3) is 0.346. The van der Waals surface area contributed by atoms with Crippen molar-refractivity contribution < 1.29 is 14.3 Å². The Bertz CT molecular complexity index is 1150. The van der Waals surface area contributed by atoms with E-state index in [1.807, 2.05) is 43.5 Å². The predicted octanol–water partition coefficient (Wildman–Crippen LogP) is 5.73. The molecule has 0 aliphatic carbocycles. The maximum Gasteiger partial charge on any atom is 0.307 e. The molecule has 8 heteroatoms. The predicted molar refractivity (Wildman–Crippen MR) is 133 cm³/mol. The monoisotopic (exact) mass is 499 g/mol. The zero-order chi connectivity index (χ0) is 24.1. The highest BCUT2D eigenvalue weighted by Gasteiger charge is 2.24. The molecule has 0 N–H and O–H groups in total. The third kappa shape index (κ3) is 6.06. The van der Waals surface area contributed by atoms with Crippen LogP contribution in [0.2, 0.25) is 10.0 Å². The first-order valence-electron chi connectivity index (χ1n) is 11.3. The van der Waals surface area contributed by atoms with Crippen molar-refractivity contribution in [1.82, 2.24) is 14.9 Å². The van der Waals surface area contributed by atoms with Crippen molar-refractivity contribution in [1.29, 1.82) is 0 Å². The average Bonchev–Trinajstić information content (AvgIpc) is 2.84. The molecular formula is C26H27Cl2N3O3. The maximum atomic E-state index is 11.8. The Balaban J connectivity index is 1.37. The van der Waals surface area contributed by atoms with Crippen molar-refractivity contribution in [3.05, 3.63) is 75.5 Å². The Morgan fingerprint density at radius 1 is 1.15 bits per heavy atom. The minimum atomic E-state index is -0.156. The quantitative estimate of drug-likeness (QED) is 0.368. The third-order valence-corrected chi connectivity index (χ3v) is 6.60. The second-order valence-corrected chi connectivity index (χ2v) is 9.12. The summed E-state index contributed by atoms with van der Waals surface area (Å²) in [5, 5.41) is 1.04. The van der Waals surface area contributed by atoms with Crippen molar-refractivity contribution >= 4 is 29.2 Å². The lowest BCUT2D eigenvalue weighted by molar-refractivity contribution is -0.144. The number of hydrogen-bond donors (Lipinski definition) is 0. The van der Waals surface area contributed by atoms with Crippen molar-refractivity contribution in [3.8, 4) is 17.1 Å². The number of benzene rings is 2. The van der Waals surface area contributed by atoms with E-state index in [1.54, 1.807) is 12.1 Å². The average molecular weight is 500 g/mol. The van der Waals surface area contributed by atoms with E-state index in [-0.39, 0.29) is 12.0 Å². The molecule has 1 atom stereocenters. The van der Waals surface area contributed by atoms with E-state index >= 15 is 0 Å². The second-order valence-electron chi connectivity index (χ2n) is 8.31. The van der Waals surface area contributed by atoms with E-state index in [9.17, 15) is 4.79 Å². The van der Waals surface area contributed by atoms with Crippen molar-refractivity contribution in [2.24, 2.45) is 0 Å². The molecule has 1 aliphatic rings. The number of fused-ring (bicyclic) bond motifs is 1. The van der Waals surface area contributed by atoms with Crippen LogP contribution in [0.3, 0.4) is 0 Å². The van der Waals surface area contributed by atoms with Crippen LogP contribution in [0.5, 0.6) is 5.75 Å². The third-order valence-electron chi connectivity index (χ3n) is 5.86. The summed E-state index contributed by atoms with van der Waals surface area (Å²) < 4.78 is 10.9. The van der Waals surface area contributed by atoms with Gasteiger partial charge in [0.2, 0.25) is 0 Å². The maximum absolute atomic E-state index is 11.8. The van der Waals surface area contributed by atoms with Gasteiger partial charge in [-0.15, -0.1) is 0 Å². The van der Waals surface area contributed by atoms with Crippen molar-refractivity contribution in [2.75, 3.05) is 13.2 Å². The van der Waals surface area contributed by atoms with Crippen LogP contribution in [-0.2, 0) is 29.1 Å². The smallest absolute Gasteiger partial charge is 0.307 e. The highest BCUT2D eigenvalue weighted by Crippen LogP contribution is 2.26. The molecule has 6 nitrogen and oxygen atoms in total. The van der Waals surface area contributed by atoms with Crippen LogP contribution in [0.1, 0.15) is 37.1 Å². The van der Waals surface area contributed by atoms with Gasteiger partial charge in [-0.25, -0.2) is 9.97 Å². The molecule has 0 radical (unpaired) electrons. The molecule has 178 valence electrons. The Kier molecular flexibility index (Phi) is 8.03.